The number of nitrogens with two attached hydrogens (primary N) is 1. The van der Waals surface area contributed by atoms with E-state index in [0.29, 0.717) is 13.0 Å². The molecule has 0 aliphatic heterocycles. The lowest BCUT2D eigenvalue weighted by Crippen LogP contribution is -2.23. The molecule has 2 N–H and O–H groups in total. The van der Waals surface area contributed by atoms with Gasteiger partial charge in [0.1, 0.15) is 6.61 Å². The van der Waals surface area contributed by atoms with Crippen molar-refractivity contribution in [2.24, 2.45) is 11.7 Å². The minimum absolute atomic E-state index is 0.130. The molecule has 1 saturated carbocycles. The van der Waals surface area contributed by atoms with Gasteiger partial charge in [-0.15, -0.1) is 0 Å². The zero-order valence-corrected chi connectivity index (χ0v) is 7.72. The van der Waals surface area contributed by atoms with Crippen LogP contribution < -0.4 is 5.73 Å². The molecule has 1 atom stereocenters. The van der Waals surface area contributed by atoms with Gasteiger partial charge in [0.15, 0.2) is 0 Å². The van der Waals surface area contributed by atoms with Crippen LogP contribution in [-0.4, -0.2) is 25.7 Å². The van der Waals surface area contributed by atoms with Crippen molar-refractivity contribution in [3.8, 4) is 0 Å². The highest BCUT2D eigenvalue weighted by Crippen LogP contribution is 2.33. The summed E-state index contributed by atoms with van der Waals surface area (Å²) in [6.07, 6.45) is 1.93. The van der Waals surface area contributed by atoms with Gasteiger partial charge in [-0.1, -0.05) is 12.8 Å². The summed E-state index contributed by atoms with van der Waals surface area (Å²) in [5.74, 6) is 0.796. The van der Waals surface area contributed by atoms with Crippen LogP contribution in [0.1, 0.15) is 25.7 Å². The topological polar surface area (TPSA) is 35.2 Å². The van der Waals surface area contributed by atoms with E-state index in [1.165, 1.54) is 12.8 Å². The Morgan fingerprint density at radius 2 is 2.08 bits per heavy atom. The first-order valence-corrected chi connectivity index (χ1v) is 4.80. The molecule has 1 unspecified atom stereocenters. The minimum Gasteiger partial charge on any atom is -0.375 e. The monoisotopic (exact) mass is 193 g/mol. The Balaban J connectivity index is 1.85. The molecule has 1 aliphatic rings. The van der Waals surface area contributed by atoms with Crippen LogP contribution in [0.5, 0.6) is 0 Å². The third kappa shape index (κ3) is 5.93. The van der Waals surface area contributed by atoms with Crippen LogP contribution in [0.4, 0.5) is 8.78 Å². The zero-order valence-electron chi connectivity index (χ0n) is 7.72. The molecular weight excluding hydrogens is 176 g/mol. The van der Waals surface area contributed by atoms with Gasteiger partial charge in [-0.25, -0.2) is 8.78 Å². The van der Waals surface area contributed by atoms with E-state index in [4.69, 9.17) is 10.5 Å². The number of alkyl halides is 2. The molecule has 0 amide bonds. The first-order chi connectivity index (χ1) is 6.18. The van der Waals surface area contributed by atoms with Crippen LogP contribution in [0.2, 0.25) is 0 Å². The second-order valence-electron chi connectivity index (χ2n) is 3.69. The van der Waals surface area contributed by atoms with Crippen molar-refractivity contribution >= 4 is 0 Å². The fourth-order valence-corrected chi connectivity index (χ4v) is 1.31. The van der Waals surface area contributed by atoms with E-state index >= 15 is 0 Å². The van der Waals surface area contributed by atoms with Gasteiger partial charge >= 0.3 is 0 Å². The highest BCUT2D eigenvalue weighted by molar-refractivity contribution is 4.78. The van der Waals surface area contributed by atoms with Gasteiger partial charge in [0, 0.05) is 12.6 Å². The Labute approximate surface area is 77.4 Å². The second-order valence-corrected chi connectivity index (χ2v) is 3.69. The predicted molar refractivity (Wildman–Crippen MR) is 46.8 cm³/mol. The highest BCUT2D eigenvalue weighted by Gasteiger charge is 2.23. The predicted octanol–water partition coefficient (Wildman–Crippen LogP) is 1.79. The molecule has 1 aliphatic carbocycles. The smallest absolute Gasteiger partial charge is 0.261 e. The van der Waals surface area contributed by atoms with Gasteiger partial charge in [0.25, 0.3) is 6.43 Å². The summed E-state index contributed by atoms with van der Waals surface area (Å²) in [6.45, 7) is -0.103. The Hall–Kier alpha value is -0.220. The Morgan fingerprint density at radius 3 is 2.62 bits per heavy atom. The van der Waals surface area contributed by atoms with Crippen LogP contribution in [0.3, 0.4) is 0 Å². The maximum Gasteiger partial charge on any atom is 0.261 e. The number of halogens is 2. The van der Waals surface area contributed by atoms with Crippen LogP contribution in [0, 0.1) is 5.92 Å². The maximum absolute atomic E-state index is 11.6. The SMILES string of the molecule is NC(CCOCC(F)F)CC1CC1. The molecule has 78 valence electrons. The molecule has 4 heteroatoms. The van der Waals surface area contributed by atoms with E-state index in [0.717, 1.165) is 12.3 Å². The van der Waals surface area contributed by atoms with Crippen molar-refractivity contribution in [2.75, 3.05) is 13.2 Å². The molecule has 0 bridgehead atoms. The molecule has 0 spiro atoms. The average Bonchev–Trinajstić information content (AvgIpc) is 2.81. The highest BCUT2D eigenvalue weighted by atomic mass is 19.3. The van der Waals surface area contributed by atoms with E-state index in [1.54, 1.807) is 0 Å². The van der Waals surface area contributed by atoms with E-state index in [1.807, 2.05) is 0 Å². The fraction of sp³-hybridized carbons (Fsp3) is 1.00. The van der Waals surface area contributed by atoms with Crippen LogP contribution in [-0.2, 0) is 4.74 Å². The summed E-state index contributed by atoms with van der Waals surface area (Å²) in [5.41, 5.74) is 5.76. The molecule has 0 radical (unpaired) electrons. The summed E-state index contributed by atoms with van der Waals surface area (Å²) in [7, 11) is 0. The molecule has 13 heavy (non-hydrogen) atoms. The maximum atomic E-state index is 11.6. The molecule has 0 aromatic rings. The van der Waals surface area contributed by atoms with Gasteiger partial charge < -0.3 is 10.5 Å². The molecule has 1 rings (SSSR count). The van der Waals surface area contributed by atoms with Gasteiger partial charge in [-0.3, -0.25) is 0 Å². The Kier molecular flexibility index (Phi) is 4.59. The lowest BCUT2D eigenvalue weighted by atomic mass is 10.1. The molecule has 0 saturated heterocycles. The van der Waals surface area contributed by atoms with Crippen LogP contribution in [0.15, 0.2) is 0 Å². The van der Waals surface area contributed by atoms with Gasteiger partial charge in [0.05, 0.1) is 0 Å². The van der Waals surface area contributed by atoms with Gasteiger partial charge in [-0.05, 0) is 18.8 Å². The zero-order chi connectivity index (χ0) is 9.68. The third-order valence-electron chi connectivity index (χ3n) is 2.21. The summed E-state index contributed by atoms with van der Waals surface area (Å²) in [5, 5.41) is 0. The molecule has 1 fully saturated rings. The summed E-state index contributed by atoms with van der Waals surface area (Å²) in [6, 6.07) is 0.130. The number of hydrogen-bond donors (Lipinski definition) is 1. The largest absolute Gasteiger partial charge is 0.375 e. The first kappa shape index (κ1) is 10.9. The average molecular weight is 193 g/mol. The van der Waals surface area contributed by atoms with E-state index in [2.05, 4.69) is 0 Å². The minimum atomic E-state index is -2.36. The van der Waals surface area contributed by atoms with Crippen molar-refractivity contribution in [1.29, 1.82) is 0 Å². The van der Waals surface area contributed by atoms with Crippen molar-refractivity contribution < 1.29 is 13.5 Å². The van der Waals surface area contributed by atoms with E-state index in [9.17, 15) is 8.78 Å². The van der Waals surface area contributed by atoms with Crippen LogP contribution in [0.25, 0.3) is 0 Å². The molecular formula is C9H17F2NO. The van der Waals surface area contributed by atoms with E-state index < -0.39 is 13.0 Å². The second kappa shape index (κ2) is 5.50. The normalized spacial score (nSPS) is 19.4. The number of hydrogen-bond acceptors (Lipinski definition) is 2. The lowest BCUT2D eigenvalue weighted by Gasteiger charge is -2.10. The Morgan fingerprint density at radius 1 is 1.38 bits per heavy atom. The molecule has 0 aromatic heterocycles. The molecule has 0 heterocycles. The van der Waals surface area contributed by atoms with Crippen molar-refractivity contribution in [3.63, 3.8) is 0 Å². The number of ether oxygens (including phenoxy) is 1. The fourth-order valence-electron chi connectivity index (χ4n) is 1.31. The van der Waals surface area contributed by atoms with Crippen molar-refractivity contribution in [3.05, 3.63) is 0 Å². The van der Waals surface area contributed by atoms with Gasteiger partial charge in [-0.2, -0.15) is 0 Å². The lowest BCUT2D eigenvalue weighted by molar-refractivity contribution is 0.0150. The van der Waals surface area contributed by atoms with E-state index in [-0.39, 0.29) is 6.04 Å². The summed E-state index contributed by atoms with van der Waals surface area (Å²) in [4.78, 5) is 0. The molecule has 2 nitrogen and oxygen atoms in total. The third-order valence-corrected chi connectivity index (χ3v) is 2.21. The standard InChI is InChI=1S/C9H17F2NO/c10-9(11)6-13-4-3-8(12)5-7-1-2-7/h7-9H,1-6,12H2. The summed E-state index contributed by atoms with van der Waals surface area (Å²) >= 11 is 0. The summed E-state index contributed by atoms with van der Waals surface area (Å²) < 4.78 is 28.0. The van der Waals surface area contributed by atoms with Gasteiger partial charge in [0.2, 0.25) is 0 Å². The molecule has 0 aromatic carbocycles. The van der Waals surface area contributed by atoms with Crippen molar-refractivity contribution in [2.45, 2.75) is 38.2 Å². The van der Waals surface area contributed by atoms with Crippen LogP contribution >= 0.6 is 0 Å². The Bertz CT molecular complexity index is 140. The quantitative estimate of drug-likeness (QED) is 0.625. The van der Waals surface area contributed by atoms with Crippen molar-refractivity contribution in [1.82, 2.24) is 0 Å². The number of rotatable bonds is 7. The first-order valence-electron chi connectivity index (χ1n) is 4.80.